The van der Waals surface area contributed by atoms with E-state index in [9.17, 15) is 9.59 Å². The van der Waals surface area contributed by atoms with E-state index < -0.39 is 19.3 Å². The molecule has 0 N–H and O–H groups in total. The van der Waals surface area contributed by atoms with Crippen LogP contribution < -0.4 is 10.4 Å². The highest BCUT2D eigenvalue weighted by Crippen LogP contribution is 2.64. The highest BCUT2D eigenvalue weighted by atomic mass is 28.4. The molecular formula is C39H52N2O4Si. The van der Waals surface area contributed by atoms with Crippen LogP contribution in [0.1, 0.15) is 72.1 Å². The fourth-order valence-corrected chi connectivity index (χ4v) is 14.4. The van der Waals surface area contributed by atoms with Crippen molar-refractivity contribution in [1.29, 1.82) is 0 Å². The largest absolute Gasteiger partial charge is 0.441 e. The third-order valence-electron chi connectivity index (χ3n) is 11.6. The average Bonchev–Trinajstić information content (AvgIpc) is 3.59. The summed E-state index contributed by atoms with van der Waals surface area (Å²) in [7, 11) is -2.80. The number of carbonyl (C=O) groups excluding carboxylic acids is 2. The lowest BCUT2D eigenvalue weighted by molar-refractivity contribution is -0.176. The second-order valence-corrected chi connectivity index (χ2v) is 19.4. The Labute approximate surface area is 277 Å². The molecule has 4 fully saturated rings. The van der Waals surface area contributed by atoms with E-state index in [2.05, 4.69) is 99.5 Å². The Kier molecular flexibility index (Phi) is 9.12. The van der Waals surface area contributed by atoms with E-state index in [4.69, 9.17) is 9.16 Å². The van der Waals surface area contributed by atoms with Crippen LogP contribution in [0.3, 0.4) is 0 Å². The molecule has 6 rings (SSSR count). The molecule has 246 valence electrons. The first-order chi connectivity index (χ1) is 22.1. The first-order valence-electron chi connectivity index (χ1n) is 17.4. The molecule has 5 atom stereocenters. The van der Waals surface area contributed by atoms with Crippen LogP contribution in [0.4, 0.5) is 4.79 Å². The van der Waals surface area contributed by atoms with E-state index in [1.54, 1.807) is 0 Å². The fourth-order valence-electron chi connectivity index (χ4n) is 9.81. The first-order valence-corrected chi connectivity index (χ1v) is 19.3. The maximum absolute atomic E-state index is 14.9. The van der Waals surface area contributed by atoms with Crippen molar-refractivity contribution in [3.63, 3.8) is 0 Å². The smallest absolute Gasteiger partial charge is 0.410 e. The van der Waals surface area contributed by atoms with Crippen LogP contribution in [0, 0.1) is 17.3 Å². The lowest BCUT2D eigenvalue weighted by Crippen LogP contribution is -2.70. The molecule has 0 bridgehead atoms. The molecule has 0 radical (unpaired) electrons. The number of nitrogens with zero attached hydrogens (tertiary/aromatic N) is 2. The number of unbranched alkanes of at least 4 members (excludes halogenated alkanes) is 2. The molecule has 0 unspecified atom stereocenters. The third-order valence-corrected chi connectivity index (χ3v) is 16.6. The van der Waals surface area contributed by atoms with E-state index in [1.807, 2.05) is 17.1 Å². The zero-order valence-electron chi connectivity index (χ0n) is 28.1. The number of ether oxygens (including phenoxy) is 1. The second kappa shape index (κ2) is 12.8. The molecule has 2 aromatic rings. The van der Waals surface area contributed by atoms with Gasteiger partial charge in [0.25, 0.3) is 8.32 Å². The minimum absolute atomic E-state index is 0.0837. The average molecular weight is 641 g/mol. The zero-order chi connectivity index (χ0) is 32.6. The molecule has 3 aliphatic heterocycles. The Bertz CT molecular complexity index is 1380. The zero-order valence-corrected chi connectivity index (χ0v) is 29.1. The van der Waals surface area contributed by atoms with Gasteiger partial charge in [0.1, 0.15) is 5.60 Å². The van der Waals surface area contributed by atoms with Gasteiger partial charge < -0.3 is 19.0 Å². The highest BCUT2D eigenvalue weighted by molar-refractivity contribution is 6.99. The van der Waals surface area contributed by atoms with E-state index in [0.717, 1.165) is 45.2 Å². The van der Waals surface area contributed by atoms with E-state index in [-0.39, 0.29) is 34.9 Å². The number of rotatable bonds is 13. The number of allylic oxidation sites excluding steroid dienone is 2. The molecule has 6 nitrogen and oxygen atoms in total. The van der Waals surface area contributed by atoms with Gasteiger partial charge in [-0.25, -0.2) is 4.79 Å². The van der Waals surface area contributed by atoms with Crippen molar-refractivity contribution >= 4 is 30.7 Å². The Morgan fingerprint density at radius 1 is 0.957 bits per heavy atom. The van der Waals surface area contributed by atoms with Crippen LogP contribution in [-0.2, 0) is 14.0 Å². The molecule has 3 heterocycles. The first kappa shape index (κ1) is 32.8. The summed E-state index contributed by atoms with van der Waals surface area (Å²) >= 11 is 0. The maximum atomic E-state index is 14.9. The third kappa shape index (κ3) is 5.18. The summed E-state index contributed by atoms with van der Waals surface area (Å²) in [4.78, 5) is 32.4. The SMILES string of the molecule is C=CCCCCN1CC[C@H]2[C@H](CO[Si](c3ccccc3)(c3ccccc3)C(C)(C)C)C[C@]3(CCC=C)OC(=O)N4CC[C@@]2(C1=O)[C@@H]43. The minimum Gasteiger partial charge on any atom is -0.441 e. The van der Waals surface area contributed by atoms with E-state index in [1.165, 1.54) is 10.4 Å². The van der Waals surface area contributed by atoms with Gasteiger partial charge in [0, 0.05) is 26.2 Å². The molecule has 4 aliphatic rings. The molecular weight excluding hydrogens is 589 g/mol. The maximum Gasteiger partial charge on any atom is 0.410 e. The van der Waals surface area contributed by atoms with Crippen molar-refractivity contribution in [3.8, 4) is 0 Å². The molecule has 3 saturated heterocycles. The minimum atomic E-state index is -2.80. The number of hydrogen-bond acceptors (Lipinski definition) is 4. The van der Waals surface area contributed by atoms with Gasteiger partial charge in [-0.05, 0) is 78.6 Å². The fraction of sp³-hybridized carbons (Fsp3) is 0.538. The van der Waals surface area contributed by atoms with Crippen LogP contribution in [0.25, 0.3) is 0 Å². The summed E-state index contributed by atoms with van der Waals surface area (Å²) in [6.45, 7) is 17.4. The van der Waals surface area contributed by atoms with Crippen LogP contribution in [-0.4, -0.2) is 68.0 Å². The van der Waals surface area contributed by atoms with Gasteiger partial charge in [-0.2, -0.15) is 0 Å². The Hall–Kier alpha value is -3.16. The summed E-state index contributed by atoms with van der Waals surface area (Å²) in [6.07, 6.45) is 10.3. The van der Waals surface area contributed by atoms with Crippen molar-refractivity contribution in [2.24, 2.45) is 17.3 Å². The number of carbonyl (C=O) groups is 2. The van der Waals surface area contributed by atoms with E-state index >= 15 is 0 Å². The quantitative estimate of drug-likeness (QED) is 0.139. The Morgan fingerprint density at radius 3 is 2.22 bits per heavy atom. The number of benzene rings is 2. The molecule has 7 heteroatoms. The lowest BCUT2D eigenvalue weighted by atomic mass is 9.51. The molecule has 1 aliphatic carbocycles. The molecule has 46 heavy (non-hydrogen) atoms. The molecule has 0 aromatic heterocycles. The second-order valence-electron chi connectivity index (χ2n) is 15.1. The Balaban J connectivity index is 1.41. The summed E-state index contributed by atoms with van der Waals surface area (Å²) in [5.41, 5.74) is -1.37. The van der Waals surface area contributed by atoms with Gasteiger partial charge in [0.15, 0.2) is 0 Å². The van der Waals surface area contributed by atoms with Gasteiger partial charge in [0.2, 0.25) is 5.91 Å². The van der Waals surface area contributed by atoms with Gasteiger partial charge in [0.05, 0.1) is 11.5 Å². The molecule has 2 aromatic carbocycles. The number of amides is 2. The predicted molar refractivity (Wildman–Crippen MR) is 187 cm³/mol. The van der Waals surface area contributed by atoms with Crippen molar-refractivity contribution in [3.05, 3.63) is 86.0 Å². The topological polar surface area (TPSA) is 59.1 Å². The predicted octanol–water partition coefficient (Wildman–Crippen LogP) is 6.70. The standard InChI is InChI=1S/C39H52N2O4Si/c1-6-8-10-17-25-40-26-22-33-30(28-38(23-9-7-2)34-39(33,35(40)42)24-27-41(34)36(43)45-38)29-44-46(37(3,4)5,31-18-13-11-14-19-31)32-20-15-12-16-21-32/h6-7,11-16,18-21,30,33-34H,1-2,8-10,17,22-29H2,3-5H3/t30-,33-,34-,38-,39-/m0/s1. The Morgan fingerprint density at radius 2 is 1.61 bits per heavy atom. The van der Waals surface area contributed by atoms with Crippen LogP contribution in [0.15, 0.2) is 86.0 Å². The summed E-state index contributed by atoms with van der Waals surface area (Å²) < 4.78 is 14.0. The van der Waals surface area contributed by atoms with Crippen LogP contribution in [0.2, 0.25) is 5.04 Å². The van der Waals surface area contributed by atoms with Crippen molar-refractivity contribution in [1.82, 2.24) is 9.80 Å². The summed E-state index contributed by atoms with van der Waals surface area (Å²) in [5.74, 6) is 0.440. The van der Waals surface area contributed by atoms with Crippen LogP contribution >= 0.6 is 0 Å². The number of likely N-dealkylation sites (tertiary alicyclic amines) is 1. The van der Waals surface area contributed by atoms with Crippen molar-refractivity contribution in [2.45, 2.75) is 88.8 Å². The van der Waals surface area contributed by atoms with Gasteiger partial charge in [-0.15, -0.1) is 13.2 Å². The van der Waals surface area contributed by atoms with Gasteiger partial charge >= 0.3 is 6.09 Å². The monoisotopic (exact) mass is 640 g/mol. The molecule has 1 saturated carbocycles. The summed E-state index contributed by atoms with van der Waals surface area (Å²) in [6, 6.07) is 21.3. The summed E-state index contributed by atoms with van der Waals surface area (Å²) in [5, 5.41) is 2.35. The van der Waals surface area contributed by atoms with Crippen LogP contribution in [0.5, 0.6) is 0 Å². The van der Waals surface area contributed by atoms with E-state index in [0.29, 0.717) is 32.4 Å². The molecule has 1 spiro atoms. The number of hydrogen-bond donors (Lipinski definition) is 0. The van der Waals surface area contributed by atoms with Gasteiger partial charge in [-0.3, -0.25) is 4.79 Å². The van der Waals surface area contributed by atoms with Gasteiger partial charge in [-0.1, -0.05) is 93.6 Å². The normalized spacial score (nSPS) is 28.9. The van der Waals surface area contributed by atoms with Crippen molar-refractivity contribution < 1.29 is 18.8 Å². The molecule has 2 amide bonds. The highest BCUT2D eigenvalue weighted by Gasteiger charge is 2.75. The van der Waals surface area contributed by atoms with Crippen molar-refractivity contribution in [2.75, 3.05) is 26.2 Å². The lowest BCUT2D eigenvalue weighted by Gasteiger charge is -2.58. The number of piperidine rings is 1.